The maximum atomic E-state index is 5.43. The molecular formula is C6H7N5OS2. The lowest BCUT2D eigenvalue weighted by atomic mass is 10.7. The first kappa shape index (κ1) is 9.41. The fourth-order valence-corrected chi connectivity index (χ4v) is 2.27. The molecule has 0 saturated carbocycles. The Balaban J connectivity index is 1.94. The van der Waals surface area contributed by atoms with Crippen LogP contribution in [0.25, 0.3) is 0 Å². The third-order valence-corrected chi connectivity index (χ3v) is 3.18. The molecule has 0 aliphatic heterocycles. The predicted molar refractivity (Wildman–Crippen MR) is 52.9 cm³/mol. The molecule has 0 spiro atoms. The van der Waals surface area contributed by atoms with Crippen molar-refractivity contribution >= 4 is 28.2 Å². The quantitative estimate of drug-likeness (QED) is 0.788. The van der Waals surface area contributed by atoms with Crippen molar-refractivity contribution in [1.82, 2.24) is 20.3 Å². The van der Waals surface area contributed by atoms with Crippen molar-refractivity contribution in [1.29, 1.82) is 0 Å². The van der Waals surface area contributed by atoms with Gasteiger partial charge in [-0.25, -0.2) is 0 Å². The molecule has 0 aromatic carbocycles. The lowest BCUT2D eigenvalue weighted by Crippen LogP contribution is -1.81. The summed E-state index contributed by atoms with van der Waals surface area (Å²) in [5.74, 6) is 1.81. The van der Waals surface area contributed by atoms with Crippen molar-refractivity contribution in [2.24, 2.45) is 0 Å². The van der Waals surface area contributed by atoms with Crippen LogP contribution in [0.2, 0.25) is 0 Å². The zero-order valence-electron chi connectivity index (χ0n) is 7.30. The zero-order valence-corrected chi connectivity index (χ0v) is 8.93. The van der Waals surface area contributed by atoms with Crippen LogP contribution in [0.1, 0.15) is 11.7 Å². The molecule has 14 heavy (non-hydrogen) atoms. The average molecular weight is 229 g/mol. The highest BCUT2D eigenvalue weighted by molar-refractivity contribution is 8.00. The van der Waals surface area contributed by atoms with E-state index in [0.29, 0.717) is 22.6 Å². The van der Waals surface area contributed by atoms with Crippen molar-refractivity contribution in [3.8, 4) is 0 Å². The number of hydrogen-bond donors (Lipinski definition) is 1. The Hall–Kier alpha value is -1.15. The third kappa shape index (κ3) is 2.20. The van der Waals surface area contributed by atoms with E-state index in [1.807, 2.05) is 0 Å². The second-order valence-electron chi connectivity index (χ2n) is 2.43. The summed E-state index contributed by atoms with van der Waals surface area (Å²) in [5, 5.41) is 11.7. The van der Waals surface area contributed by atoms with Crippen molar-refractivity contribution < 1.29 is 4.52 Å². The first-order valence-electron chi connectivity index (χ1n) is 3.75. The second kappa shape index (κ2) is 3.93. The Kier molecular flexibility index (Phi) is 2.64. The minimum Gasteiger partial charge on any atom is -0.374 e. The summed E-state index contributed by atoms with van der Waals surface area (Å²) < 4.78 is 5.74. The van der Waals surface area contributed by atoms with Gasteiger partial charge in [0.15, 0.2) is 10.2 Å². The average Bonchev–Trinajstić information content (AvgIpc) is 2.72. The molecule has 0 atom stereocenters. The molecule has 0 radical (unpaired) electrons. The molecule has 0 aliphatic rings. The van der Waals surface area contributed by atoms with E-state index < -0.39 is 0 Å². The fraction of sp³-hybridized carbons (Fsp3) is 0.333. The van der Waals surface area contributed by atoms with Crippen molar-refractivity contribution in [3.05, 3.63) is 11.7 Å². The van der Waals surface area contributed by atoms with Crippen LogP contribution in [0.3, 0.4) is 0 Å². The summed E-state index contributed by atoms with van der Waals surface area (Å²) >= 11 is 2.82. The number of nitrogens with zero attached hydrogens (tertiary/aromatic N) is 4. The van der Waals surface area contributed by atoms with Crippen molar-refractivity contribution in [2.75, 3.05) is 5.73 Å². The summed E-state index contributed by atoms with van der Waals surface area (Å²) in [6.45, 7) is 1.78. The van der Waals surface area contributed by atoms with E-state index in [4.69, 9.17) is 10.3 Å². The fourth-order valence-electron chi connectivity index (χ4n) is 0.801. The highest BCUT2D eigenvalue weighted by atomic mass is 32.2. The number of nitrogens with two attached hydrogens (primary N) is 1. The maximum absolute atomic E-state index is 5.43. The Morgan fingerprint density at radius 3 is 2.93 bits per heavy atom. The van der Waals surface area contributed by atoms with Crippen LogP contribution in [0.4, 0.5) is 5.13 Å². The Labute approximate surface area is 87.9 Å². The molecule has 2 heterocycles. The zero-order chi connectivity index (χ0) is 9.97. The third-order valence-electron chi connectivity index (χ3n) is 1.31. The largest absolute Gasteiger partial charge is 0.374 e. The second-order valence-corrected chi connectivity index (χ2v) is 4.66. The lowest BCUT2D eigenvalue weighted by Gasteiger charge is -1.88. The van der Waals surface area contributed by atoms with Crippen LogP contribution in [0.5, 0.6) is 0 Å². The normalized spacial score (nSPS) is 10.6. The molecule has 8 heteroatoms. The first-order valence-corrected chi connectivity index (χ1v) is 5.55. The van der Waals surface area contributed by atoms with E-state index >= 15 is 0 Å². The van der Waals surface area contributed by atoms with Crippen LogP contribution in [0.15, 0.2) is 8.86 Å². The van der Waals surface area contributed by atoms with Gasteiger partial charge in [0, 0.05) is 0 Å². The van der Waals surface area contributed by atoms with Gasteiger partial charge in [0.1, 0.15) is 0 Å². The molecule has 6 nitrogen and oxygen atoms in total. The number of hydrogen-bond acceptors (Lipinski definition) is 8. The lowest BCUT2D eigenvalue weighted by molar-refractivity contribution is 0.387. The van der Waals surface area contributed by atoms with Gasteiger partial charge in [-0.2, -0.15) is 4.98 Å². The van der Waals surface area contributed by atoms with E-state index in [0.717, 1.165) is 4.34 Å². The van der Waals surface area contributed by atoms with Gasteiger partial charge >= 0.3 is 0 Å². The summed E-state index contributed by atoms with van der Waals surface area (Å²) in [6, 6.07) is 0. The van der Waals surface area contributed by atoms with Crippen molar-refractivity contribution in [3.63, 3.8) is 0 Å². The SMILES string of the molecule is Cc1noc(CSc2nnc(N)s2)n1. The molecule has 2 aromatic heterocycles. The summed E-state index contributed by atoms with van der Waals surface area (Å²) in [5.41, 5.74) is 5.43. The molecule has 0 aliphatic carbocycles. The monoisotopic (exact) mass is 229 g/mol. The molecule has 0 saturated heterocycles. The molecule has 2 N–H and O–H groups in total. The standard InChI is InChI=1S/C6H7N5OS2/c1-3-8-4(12-11-3)2-13-6-10-9-5(7)14-6/h2H2,1H3,(H2,7,9). The minimum atomic E-state index is 0.467. The molecule has 74 valence electrons. The van der Waals surface area contributed by atoms with E-state index in [-0.39, 0.29) is 0 Å². The van der Waals surface area contributed by atoms with Gasteiger partial charge in [-0.15, -0.1) is 10.2 Å². The summed E-state index contributed by atoms with van der Waals surface area (Å²) in [7, 11) is 0. The highest BCUT2D eigenvalue weighted by Crippen LogP contribution is 2.26. The van der Waals surface area contributed by atoms with Crippen LogP contribution < -0.4 is 5.73 Å². The molecule has 2 aromatic rings. The van der Waals surface area contributed by atoms with Gasteiger partial charge in [0.25, 0.3) is 0 Å². The van der Waals surface area contributed by atoms with Gasteiger partial charge in [-0.3, -0.25) is 0 Å². The first-order chi connectivity index (χ1) is 6.74. The molecule has 0 bridgehead atoms. The molecule has 2 rings (SSSR count). The summed E-state index contributed by atoms with van der Waals surface area (Å²) in [4.78, 5) is 4.06. The number of nitrogen functional groups attached to an aromatic ring is 1. The van der Waals surface area contributed by atoms with E-state index in [1.165, 1.54) is 23.1 Å². The minimum absolute atomic E-state index is 0.467. The molecule has 0 fully saturated rings. The van der Waals surface area contributed by atoms with E-state index in [2.05, 4.69) is 20.3 Å². The number of aromatic nitrogens is 4. The molecular weight excluding hydrogens is 222 g/mol. The van der Waals surface area contributed by atoms with Gasteiger partial charge in [-0.1, -0.05) is 28.3 Å². The van der Waals surface area contributed by atoms with Crippen LogP contribution in [-0.4, -0.2) is 20.3 Å². The Morgan fingerprint density at radius 2 is 2.36 bits per heavy atom. The smallest absolute Gasteiger partial charge is 0.237 e. The number of aryl methyl sites for hydroxylation is 1. The van der Waals surface area contributed by atoms with Gasteiger partial charge in [0.05, 0.1) is 5.75 Å². The number of anilines is 1. The molecule has 0 unspecified atom stereocenters. The van der Waals surface area contributed by atoms with Gasteiger partial charge in [-0.05, 0) is 6.92 Å². The number of thioether (sulfide) groups is 1. The topological polar surface area (TPSA) is 90.7 Å². The van der Waals surface area contributed by atoms with E-state index in [9.17, 15) is 0 Å². The Morgan fingerprint density at radius 1 is 1.50 bits per heavy atom. The van der Waals surface area contributed by atoms with Crippen LogP contribution in [0, 0.1) is 6.92 Å². The van der Waals surface area contributed by atoms with Crippen molar-refractivity contribution in [2.45, 2.75) is 17.0 Å². The highest BCUT2D eigenvalue weighted by Gasteiger charge is 2.06. The van der Waals surface area contributed by atoms with Crippen LogP contribution >= 0.6 is 23.1 Å². The van der Waals surface area contributed by atoms with Gasteiger partial charge in [0.2, 0.25) is 11.0 Å². The maximum Gasteiger partial charge on any atom is 0.237 e. The van der Waals surface area contributed by atoms with E-state index in [1.54, 1.807) is 6.92 Å². The number of rotatable bonds is 3. The van der Waals surface area contributed by atoms with Gasteiger partial charge < -0.3 is 10.3 Å². The Bertz CT molecular complexity index is 385. The van der Waals surface area contributed by atoms with Crippen LogP contribution in [-0.2, 0) is 5.75 Å². The summed E-state index contributed by atoms with van der Waals surface area (Å²) in [6.07, 6.45) is 0. The molecule has 0 amide bonds. The predicted octanol–water partition coefficient (Wildman–Crippen LogP) is 1.10.